The topological polar surface area (TPSA) is 97.7 Å². The van der Waals surface area contributed by atoms with E-state index in [9.17, 15) is 14.1 Å². The summed E-state index contributed by atoms with van der Waals surface area (Å²) in [5.74, 6) is -2.10. The van der Waals surface area contributed by atoms with Gasteiger partial charge in [0.1, 0.15) is 0 Å². The molecule has 2 N–H and O–H groups in total. The molecular formula is C14H10O5SZn. The number of hydrogen-bond donors (Lipinski definition) is 2. The van der Waals surface area contributed by atoms with Crippen LogP contribution in [0.5, 0.6) is 0 Å². The summed E-state index contributed by atoms with van der Waals surface area (Å²) in [5, 5.41) is 17.6. The summed E-state index contributed by atoms with van der Waals surface area (Å²) in [6.07, 6.45) is 0. The molecule has 2 aromatic rings. The summed E-state index contributed by atoms with van der Waals surface area (Å²) >= 11 is -1.48. The van der Waals surface area contributed by atoms with Crippen LogP contribution < -0.4 is 0 Å². The molecule has 0 aliphatic rings. The summed E-state index contributed by atoms with van der Waals surface area (Å²) in [7, 11) is 0. The molecule has 0 spiro atoms. The summed E-state index contributed by atoms with van der Waals surface area (Å²) in [6, 6.07) is 11.4. The van der Waals surface area contributed by atoms with Gasteiger partial charge < -0.3 is 14.8 Å². The Balaban J connectivity index is 0.00000220. The molecule has 0 aromatic heterocycles. The Morgan fingerprint density at radius 2 is 1.05 bits per heavy atom. The fourth-order valence-electron chi connectivity index (χ4n) is 1.58. The first kappa shape index (κ1) is 17.4. The van der Waals surface area contributed by atoms with E-state index in [1.54, 1.807) is 0 Å². The Hall–Kier alpha value is -1.69. The van der Waals surface area contributed by atoms with Crippen LogP contribution in [0, 0.1) is 0 Å². The Kier molecular flexibility index (Phi) is 6.08. The molecule has 2 rings (SSSR count). The van der Waals surface area contributed by atoms with Crippen molar-refractivity contribution in [3.8, 4) is 0 Å². The second kappa shape index (κ2) is 7.36. The third-order valence-electron chi connectivity index (χ3n) is 2.63. The smallest absolute Gasteiger partial charge is 0.335 e. The summed E-state index contributed by atoms with van der Waals surface area (Å²) in [6.45, 7) is 0. The van der Waals surface area contributed by atoms with Crippen molar-refractivity contribution in [3.63, 3.8) is 0 Å². The van der Waals surface area contributed by atoms with Gasteiger partial charge >= 0.3 is 11.9 Å². The van der Waals surface area contributed by atoms with E-state index in [0.717, 1.165) is 0 Å². The van der Waals surface area contributed by atoms with Crippen molar-refractivity contribution in [3.05, 3.63) is 59.7 Å². The Labute approximate surface area is 136 Å². The number of carboxylic acids is 2. The third-order valence-corrected chi connectivity index (χ3v) is 4.03. The van der Waals surface area contributed by atoms with Crippen LogP contribution in [0.15, 0.2) is 58.3 Å². The molecule has 0 atom stereocenters. The standard InChI is InChI=1S/C14H10O5S.Zn/c15-13(16)9-1-5-11(6-2-9)20(19)12-7-3-10(4-8-12)14(17)18;/h1-8H,(H,15,16)(H,17,18);. The van der Waals surface area contributed by atoms with Gasteiger partial charge in [-0.2, -0.15) is 0 Å². The maximum atomic E-state index is 12.2. The van der Waals surface area contributed by atoms with Crippen LogP contribution in [0.3, 0.4) is 0 Å². The minimum absolute atomic E-state index is 0. The maximum Gasteiger partial charge on any atom is 0.335 e. The van der Waals surface area contributed by atoms with Gasteiger partial charge in [-0.05, 0) is 48.5 Å². The van der Waals surface area contributed by atoms with Crippen LogP contribution >= 0.6 is 0 Å². The second-order valence-electron chi connectivity index (χ2n) is 3.93. The van der Waals surface area contributed by atoms with Crippen molar-refractivity contribution < 1.29 is 43.8 Å². The van der Waals surface area contributed by atoms with Crippen LogP contribution in [-0.2, 0) is 30.7 Å². The van der Waals surface area contributed by atoms with Crippen LogP contribution in [-0.4, -0.2) is 26.7 Å². The maximum absolute atomic E-state index is 12.2. The largest absolute Gasteiger partial charge is 0.606 e. The molecular weight excluding hydrogens is 346 g/mol. The number of benzene rings is 2. The van der Waals surface area contributed by atoms with Gasteiger partial charge in [-0.15, -0.1) is 0 Å². The minimum Gasteiger partial charge on any atom is -0.606 e. The molecule has 0 amide bonds. The molecule has 2 aromatic carbocycles. The molecule has 0 saturated heterocycles. The monoisotopic (exact) mass is 354 g/mol. The van der Waals surface area contributed by atoms with Gasteiger partial charge in [-0.3, -0.25) is 0 Å². The number of aromatic carboxylic acids is 2. The molecule has 0 aliphatic heterocycles. The molecule has 0 unspecified atom stereocenters. The van der Waals surface area contributed by atoms with E-state index in [-0.39, 0.29) is 30.6 Å². The predicted octanol–water partition coefficient (Wildman–Crippen LogP) is 2.25. The zero-order valence-electron chi connectivity index (χ0n) is 10.9. The summed E-state index contributed by atoms with van der Waals surface area (Å²) < 4.78 is 12.2. The normalized spacial score (nSPS) is 10.0. The fraction of sp³-hybridized carbons (Fsp3) is 0. The summed E-state index contributed by atoms with van der Waals surface area (Å²) in [5.41, 5.74) is 0.235. The van der Waals surface area contributed by atoms with E-state index in [4.69, 9.17) is 10.2 Å². The van der Waals surface area contributed by atoms with E-state index in [0.29, 0.717) is 9.79 Å². The van der Waals surface area contributed by atoms with Gasteiger partial charge in [0.2, 0.25) is 0 Å². The number of carbonyl (C=O) groups is 2. The van der Waals surface area contributed by atoms with E-state index < -0.39 is 23.1 Å². The number of carboxylic acid groups (broad SMARTS) is 2. The van der Waals surface area contributed by atoms with Crippen LogP contribution in [0.4, 0.5) is 0 Å². The first-order valence-electron chi connectivity index (χ1n) is 5.57. The first-order valence-corrected chi connectivity index (χ1v) is 6.72. The van der Waals surface area contributed by atoms with Crippen molar-refractivity contribution in [2.45, 2.75) is 9.79 Å². The molecule has 0 aliphatic carbocycles. The van der Waals surface area contributed by atoms with Gasteiger partial charge in [0.15, 0.2) is 9.79 Å². The second-order valence-corrected chi connectivity index (χ2v) is 5.41. The van der Waals surface area contributed by atoms with E-state index >= 15 is 0 Å². The Bertz CT molecular complexity index is 582. The molecule has 5 nitrogen and oxygen atoms in total. The quantitative estimate of drug-likeness (QED) is 0.647. The predicted molar refractivity (Wildman–Crippen MR) is 71.5 cm³/mol. The molecule has 7 heteroatoms. The molecule has 0 radical (unpaired) electrons. The van der Waals surface area contributed by atoms with Gasteiger partial charge in [0.05, 0.1) is 11.1 Å². The Morgan fingerprint density at radius 1 is 0.762 bits per heavy atom. The van der Waals surface area contributed by atoms with Crippen molar-refractivity contribution in [2.24, 2.45) is 0 Å². The number of rotatable bonds is 4. The molecule has 0 bridgehead atoms. The average molecular weight is 356 g/mol. The number of hydrogen-bond acceptors (Lipinski definition) is 3. The van der Waals surface area contributed by atoms with Gasteiger partial charge in [-0.1, -0.05) is 0 Å². The third kappa shape index (κ3) is 4.14. The molecule has 104 valence electrons. The van der Waals surface area contributed by atoms with Crippen molar-refractivity contribution in [1.82, 2.24) is 0 Å². The zero-order valence-corrected chi connectivity index (χ0v) is 14.6. The zero-order chi connectivity index (χ0) is 14.7. The minimum atomic E-state index is -1.48. The van der Waals surface area contributed by atoms with Crippen molar-refractivity contribution in [2.75, 3.05) is 0 Å². The summed E-state index contributed by atoms with van der Waals surface area (Å²) in [4.78, 5) is 22.4. The van der Waals surface area contributed by atoms with Crippen LogP contribution in [0.25, 0.3) is 0 Å². The molecule has 0 fully saturated rings. The van der Waals surface area contributed by atoms with Crippen LogP contribution in [0.1, 0.15) is 20.7 Å². The molecule has 21 heavy (non-hydrogen) atoms. The van der Waals surface area contributed by atoms with E-state index in [2.05, 4.69) is 0 Å². The molecule has 0 heterocycles. The Morgan fingerprint density at radius 3 is 1.29 bits per heavy atom. The van der Waals surface area contributed by atoms with Gasteiger partial charge in [0, 0.05) is 30.7 Å². The average Bonchev–Trinajstić information content (AvgIpc) is 2.46. The van der Waals surface area contributed by atoms with Crippen molar-refractivity contribution >= 4 is 23.1 Å². The van der Waals surface area contributed by atoms with Crippen molar-refractivity contribution in [1.29, 1.82) is 0 Å². The van der Waals surface area contributed by atoms with Crippen LogP contribution in [0.2, 0.25) is 0 Å². The first-order chi connectivity index (χ1) is 9.49. The van der Waals surface area contributed by atoms with E-state index in [1.165, 1.54) is 48.5 Å². The molecule has 0 saturated carbocycles. The van der Waals surface area contributed by atoms with Gasteiger partial charge in [0.25, 0.3) is 0 Å². The SMILES string of the molecule is O=C(O)c1ccc([S+]([O-])c2ccc(C(=O)O)cc2)cc1.[Zn]. The fourth-order valence-corrected chi connectivity index (χ4v) is 2.62. The van der Waals surface area contributed by atoms with Gasteiger partial charge in [-0.25, -0.2) is 9.59 Å². The van der Waals surface area contributed by atoms with E-state index in [1.807, 2.05) is 0 Å².